The zero-order chi connectivity index (χ0) is 15.6. The highest BCUT2D eigenvalue weighted by atomic mass is 35.5. The second-order valence-electron chi connectivity index (χ2n) is 4.51. The maximum absolute atomic E-state index is 12.5. The number of alkyl halides is 1. The zero-order valence-electron chi connectivity index (χ0n) is 11.5. The van der Waals surface area contributed by atoms with Gasteiger partial charge in [0, 0.05) is 23.3 Å². The van der Waals surface area contributed by atoms with Crippen molar-refractivity contribution < 1.29 is 8.42 Å². The minimum absolute atomic E-state index is 0.149. The minimum Gasteiger partial charge on any atom is -0.245 e. The van der Waals surface area contributed by atoms with Gasteiger partial charge in [-0.15, -0.1) is 22.9 Å². The predicted octanol–water partition coefficient (Wildman–Crippen LogP) is 3.66. The Morgan fingerprint density at radius 1 is 1.38 bits per heavy atom. The van der Waals surface area contributed by atoms with E-state index in [2.05, 4.69) is 4.98 Å². The number of hydrogen-bond acceptors (Lipinski definition) is 4. The Balaban J connectivity index is 2.26. The molecule has 4 nitrogen and oxygen atoms in total. The van der Waals surface area contributed by atoms with Gasteiger partial charge in [0.25, 0.3) is 0 Å². The van der Waals surface area contributed by atoms with Gasteiger partial charge < -0.3 is 0 Å². The molecule has 0 atom stereocenters. The van der Waals surface area contributed by atoms with Gasteiger partial charge in [-0.1, -0.05) is 17.7 Å². The molecule has 0 amide bonds. The van der Waals surface area contributed by atoms with Gasteiger partial charge in [0.15, 0.2) is 0 Å². The van der Waals surface area contributed by atoms with E-state index in [1.54, 1.807) is 6.07 Å². The van der Waals surface area contributed by atoms with Crippen molar-refractivity contribution in [3.63, 3.8) is 0 Å². The number of thiazole rings is 1. The highest BCUT2D eigenvalue weighted by molar-refractivity contribution is 7.89. The molecule has 0 bridgehead atoms. The Kier molecular flexibility index (Phi) is 5.27. The van der Waals surface area contributed by atoms with Gasteiger partial charge in [-0.2, -0.15) is 4.31 Å². The summed E-state index contributed by atoms with van der Waals surface area (Å²) in [5, 5.41) is 3.11. The van der Waals surface area contributed by atoms with E-state index in [0.717, 1.165) is 10.7 Å². The number of hydrogen-bond donors (Lipinski definition) is 0. The predicted molar refractivity (Wildman–Crippen MR) is 86.5 cm³/mol. The molecule has 1 aromatic carbocycles. The third-order valence-corrected chi connectivity index (χ3v) is 6.19. The van der Waals surface area contributed by atoms with Gasteiger partial charge in [-0.25, -0.2) is 13.4 Å². The molecule has 21 heavy (non-hydrogen) atoms. The standard InChI is InChI=1S/C13H14Cl2N2O2S2/c1-9-16-11(8-20-9)7-17(2)21(18,19)12-4-3-10(6-14)13(15)5-12/h3-5,8H,6-7H2,1-2H3. The van der Waals surface area contributed by atoms with Crippen LogP contribution in [0.1, 0.15) is 16.3 Å². The van der Waals surface area contributed by atoms with Crippen LogP contribution in [0.25, 0.3) is 0 Å². The van der Waals surface area contributed by atoms with Gasteiger partial charge in [0.1, 0.15) is 0 Å². The topological polar surface area (TPSA) is 50.3 Å². The van der Waals surface area contributed by atoms with E-state index in [-0.39, 0.29) is 17.3 Å². The van der Waals surface area contributed by atoms with E-state index < -0.39 is 10.0 Å². The first-order valence-electron chi connectivity index (χ1n) is 6.06. The number of aromatic nitrogens is 1. The summed E-state index contributed by atoms with van der Waals surface area (Å²) in [7, 11) is -2.08. The van der Waals surface area contributed by atoms with E-state index in [9.17, 15) is 8.42 Å². The molecule has 114 valence electrons. The lowest BCUT2D eigenvalue weighted by molar-refractivity contribution is 0.463. The summed E-state index contributed by atoms with van der Waals surface area (Å²) in [6, 6.07) is 4.57. The highest BCUT2D eigenvalue weighted by Gasteiger charge is 2.22. The number of sulfonamides is 1. The van der Waals surface area contributed by atoms with Crippen LogP contribution in [-0.4, -0.2) is 24.8 Å². The van der Waals surface area contributed by atoms with E-state index >= 15 is 0 Å². The quantitative estimate of drug-likeness (QED) is 0.760. The summed E-state index contributed by atoms with van der Waals surface area (Å²) in [6.45, 7) is 2.11. The Hall–Kier alpha value is -0.660. The van der Waals surface area contributed by atoms with Crippen LogP contribution >= 0.6 is 34.5 Å². The second kappa shape index (κ2) is 6.62. The van der Waals surface area contributed by atoms with Crippen molar-refractivity contribution in [3.05, 3.63) is 44.9 Å². The third kappa shape index (κ3) is 3.76. The first-order valence-corrected chi connectivity index (χ1v) is 9.29. The molecule has 0 saturated carbocycles. The van der Waals surface area contributed by atoms with E-state index in [1.165, 1.54) is 34.8 Å². The molecule has 0 saturated heterocycles. The lowest BCUT2D eigenvalue weighted by Gasteiger charge is -2.16. The summed E-state index contributed by atoms with van der Waals surface area (Å²) < 4.78 is 26.3. The summed E-state index contributed by atoms with van der Waals surface area (Å²) in [6.07, 6.45) is 0. The minimum atomic E-state index is -3.60. The second-order valence-corrected chi connectivity index (χ2v) is 8.29. The number of rotatable bonds is 5. The number of nitrogens with zero attached hydrogens (tertiary/aromatic N) is 2. The molecule has 0 radical (unpaired) electrons. The Labute approximate surface area is 138 Å². The average molecular weight is 365 g/mol. The van der Waals surface area contributed by atoms with Crippen molar-refractivity contribution >= 4 is 44.6 Å². The van der Waals surface area contributed by atoms with Gasteiger partial charge in [-0.3, -0.25) is 0 Å². The van der Waals surface area contributed by atoms with Gasteiger partial charge in [0.05, 0.1) is 22.1 Å². The molecule has 0 N–H and O–H groups in total. The van der Waals surface area contributed by atoms with E-state index in [4.69, 9.17) is 23.2 Å². The van der Waals surface area contributed by atoms with Crippen LogP contribution in [0.5, 0.6) is 0 Å². The molecular formula is C13H14Cl2N2O2S2. The Bertz CT molecular complexity index is 744. The maximum Gasteiger partial charge on any atom is 0.243 e. The Morgan fingerprint density at radius 2 is 2.10 bits per heavy atom. The molecule has 0 aliphatic heterocycles. The van der Waals surface area contributed by atoms with Gasteiger partial charge in [0.2, 0.25) is 10.0 Å². The SMILES string of the molecule is Cc1nc(CN(C)S(=O)(=O)c2ccc(CCl)c(Cl)c2)cs1. The first-order chi connectivity index (χ1) is 9.84. The molecule has 0 spiro atoms. The van der Waals surface area contributed by atoms with Crippen LogP contribution in [0.2, 0.25) is 5.02 Å². The van der Waals surface area contributed by atoms with E-state index in [1.807, 2.05) is 12.3 Å². The fourth-order valence-electron chi connectivity index (χ4n) is 1.77. The molecule has 2 aromatic rings. The monoisotopic (exact) mass is 364 g/mol. The van der Waals surface area contributed by atoms with Crippen LogP contribution < -0.4 is 0 Å². The van der Waals surface area contributed by atoms with Crippen molar-refractivity contribution in [1.82, 2.24) is 9.29 Å². The normalized spacial score (nSPS) is 12.0. The van der Waals surface area contributed by atoms with Crippen LogP contribution in [0.3, 0.4) is 0 Å². The smallest absolute Gasteiger partial charge is 0.243 e. The highest BCUT2D eigenvalue weighted by Crippen LogP contribution is 2.24. The number of benzene rings is 1. The van der Waals surface area contributed by atoms with Crippen molar-refractivity contribution in [2.24, 2.45) is 0 Å². The lowest BCUT2D eigenvalue weighted by atomic mass is 10.2. The third-order valence-electron chi connectivity index (χ3n) is 2.93. The fourth-order valence-corrected chi connectivity index (χ4v) is 4.16. The summed E-state index contributed by atoms with van der Waals surface area (Å²) in [5.41, 5.74) is 1.43. The first kappa shape index (κ1) is 16.7. The maximum atomic E-state index is 12.5. The molecule has 1 aromatic heterocycles. The lowest BCUT2D eigenvalue weighted by Crippen LogP contribution is -2.26. The Morgan fingerprint density at radius 3 is 2.62 bits per heavy atom. The van der Waals surface area contributed by atoms with Crippen LogP contribution in [-0.2, 0) is 22.4 Å². The molecule has 8 heteroatoms. The average Bonchev–Trinajstić information content (AvgIpc) is 2.83. The summed E-state index contributed by atoms with van der Waals surface area (Å²) >= 11 is 13.2. The molecule has 0 aliphatic rings. The molecular weight excluding hydrogens is 351 g/mol. The van der Waals surface area contributed by atoms with E-state index in [0.29, 0.717) is 10.6 Å². The van der Waals surface area contributed by atoms with Crippen LogP contribution in [0, 0.1) is 6.92 Å². The summed E-state index contributed by atoms with van der Waals surface area (Å²) in [4.78, 5) is 4.42. The van der Waals surface area contributed by atoms with Crippen molar-refractivity contribution in [2.75, 3.05) is 7.05 Å². The van der Waals surface area contributed by atoms with Gasteiger partial charge in [-0.05, 0) is 24.6 Å². The molecule has 1 heterocycles. The van der Waals surface area contributed by atoms with Crippen LogP contribution in [0.4, 0.5) is 0 Å². The van der Waals surface area contributed by atoms with Crippen molar-refractivity contribution in [3.8, 4) is 0 Å². The molecule has 0 unspecified atom stereocenters. The largest absolute Gasteiger partial charge is 0.245 e. The van der Waals surface area contributed by atoms with Gasteiger partial charge >= 0.3 is 0 Å². The number of halogens is 2. The fraction of sp³-hybridized carbons (Fsp3) is 0.308. The number of aryl methyl sites for hydroxylation is 1. The van der Waals surface area contributed by atoms with Crippen LogP contribution in [0.15, 0.2) is 28.5 Å². The van der Waals surface area contributed by atoms with Crippen molar-refractivity contribution in [2.45, 2.75) is 24.2 Å². The molecule has 0 aliphatic carbocycles. The summed E-state index contributed by atoms with van der Waals surface area (Å²) in [5.74, 6) is 0.243. The zero-order valence-corrected chi connectivity index (χ0v) is 14.7. The molecule has 2 rings (SSSR count). The van der Waals surface area contributed by atoms with Crippen molar-refractivity contribution in [1.29, 1.82) is 0 Å². The molecule has 0 fully saturated rings.